The van der Waals surface area contributed by atoms with Crippen LogP contribution >= 0.6 is 28.3 Å². The molecule has 0 spiro atoms. The number of H-pyrrole nitrogens is 2. The molecule has 6 aromatic rings. The molecule has 3 atom stereocenters. The molecule has 3 aromatic heterocycles. The number of fused-ring (bicyclic) bond motifs is 2. The van der Waals surface area contributed by atoms with Gasteiger partial charge in [0.25, 0.3) is 0 Å². The third-order valence-electron chi connectivity index (χ3n) is 8.44. The number of nitrogens with one attached hydrogen (secondary N) is 5. The molecule has 0 aliphatic rings. The number of alkyl carbamates (subject to hydrolysis) is 1. The Morgan fingerprint density at radius 3 is 1.78 bits per heavy atom. The summed E-state index contributed by atoms with van der Waals surface area (Å²) in [6.45, 7) is 0.0127. The second kappa shape index (κ2) is 17.5. The lowest BCUT2D eigenvalue weighted by atomic mass is 10.0. The van der Waals surface area contributed by atoms with Crippen LogP contribution in [0.5, 0.6) is 0 Å². The molecule has 264 valence electrons. The maximum Gasteiger partial charge on any atom is 0.408 e. The van der Waals surface area contributed by atoms with Crippen LogP contribution in [-0.2, 0) is 49.7 Å². The van der Waals surface area contributed by atoms with Gasteiger partial charge in [-0.25, -0.2) is 9.59 Å². The summed E-state index contributed by atoms with van der Waals surface area (Å²) < 4.78 is 10.5. The van der Waals surface area contributed by atoms with Crippen LogP contribution in [0.3, 0.4) is 0 Å². The van der Waals surface area contributed by atoms with Gasteiger partial charge in [0, 0.05) is 58.3 Å². The number of carbonyl (C=O) groups is 4. The molecule has 0 saturated heterocycles. The summed E-state index contributed by atoms with van der Waals surface area (Å²) in [7, 11) is 1.26. The second-order valence-electron chi connectivity index (χ2n) is 11.8. The number of amides is 3. The fourth-order valence-corrected chi connectivity index (χ4v) is 6.63. The molecule has 0 bridgehead atoms. The summed E-state index contributed by atoms with van der Waals surface area (Å²) in [5.41, 5.74) is 4.13. The molecule has 11 nitrogen and oxygen atoms in total. The zero-order valence-electron chi connectivity index (χ0n) is 27.7. The molecular formula is C38H38BrN5O6S. The van der Waals surface area contributed by atoms with Crippen molar-refractivity contribution in [3.05, 3.63) is 130 Å². The number of ether oxygens (including phenoxy) is 2. The minimum Gasteiger partial charge on any atom is -0.467 e. The topological polar surface area (TPSA) is 154 Å². The first-order valence-electron chi connectivity index (χ1n) is 16.2. The van der Waals surface area contributed by atoms with Gasteiger partial charge in [-0.1, -0.05) is 72.8 Å². The van der Waals surface area contributed by atoms with Crippen molar-refractivity contribution in [2.75, 3.05) is 7.11 Å². The molecule has 0 aliphatic carbocycles. The number of benzene rings is 3. The van der Waals surface area contributed by atoms with E-state index in [1.165, 1.54) is 18.4 Å². The molecule has 3 unspecified atom stereocenters. The Balaban J connectivity index is 0.00000504. The number of methoxy groups -OCH3 is 1. The van der Waals surface area contributed by atoms with Crippen LogP contribution in [0.15, 0.2) is 109 Å². The smallest absolute Gasteiger partial charge is 0.408 e. The van der Waals surface area contributed by atoms with Gasteiger partial charge < -0.3 is 35.4 Å². The molecule has 3 aromatic carbocycles. The highest BCUT2D eigenvalue weighted by molar-refractivity contribution is 8.93. The summed E-state index contributed by atoms with van der Waals surface area (Å²) in [5, 5.41) is 12.1. The van der Waals surface area contributed by atoms with E-state index < -0.39 is 42.0 Å². The van der Waals surface area contributed by atoms with Crippen molar-refractivity contribution in [3.8, 4) is 0 Å². The fourth-order valence-electron chi connectivity index (χ4n) is 5.88. The van der Waals surface area contributed by atoms with Gasteiger partial charge in [0.15, 0.2) is 0 Å². The molecular weight excluding hydrogens is 734 g/mol. The Hall–Kier alpha value is -5.40. The van der Waals surface area contributed by atoms with Gasteiger partial charge in [-0.2, -0.15) is 0 Å². The van der Waals surface area contributed by atoms with Crippen molar-refractivity contribution in [1.29, 1.82) is 0 Å². The predicted octanol–water partition coefficient (Wildman–Crippen LogP) is 5.75. The number of aromatic amines is 2. The second-order valence-corrected chi connectivity index (χ2v) is 12.8. The lowest BCUT2D eigenvalue weighted by molar-refractivity contribution is -0.145. The number of esters is 1. The van der Waals surface area contributed by atoms with E-state index in [2.05, 4.69) is 25.9 Å². The van der Waals surface area contributed by atoms with E-state index in [0.717, 1.165) is 43.4 Å². The van der Waals surface area contributed by atoms with Gasteiger partial charge >= 0.3 is 12.1 Å². The van der Waals surface area contributed by atoms with Gasteiger partial charge in [0.2, 0.25) is 11.8 Å². The molecule has 51 heavy (non-hydrogen) atoms. The molecule has 0 saturated carbocycles. The first-order valence-corrected chi connectivity index (χ1v) is 17.0. The van der Waals surface area contributed by atoms with Crippen LogP contribution in [0.25, 0.3) is 21.8 Å². The number of rotatable bonds is 14. The van der Waals surface area contributed by atoms with Crippen LogP contribution in [0.2, 0.25) is 0 Å². The first kappa shape index (κ1) is 36.9. The average molecular weight is 773 g/mol. The zero-order chi connectivity index (χ0) is 34.9. The Morgan fingerprint density at radius 2 is 1.22 bits per heavy atom. The molecule has 3 amide bonds. The minimum atomic E-state index is -1.12. The van der Waals surface area contributed by atoms with Crippen LogP contribution < -0.4 is 16.0 Å². The maximum atomic E-state index is 14.2. The quantitative estimate of drug-likeness (QED) is 0.0889. The largest absolute Gasteiger partial charge is 0.467 e. The van der Waals surface area contributed by atoms with Gasteiger partial charge in [-0.3, -0.25) is 9.59 Å². The molecule has 13 heteroatoms. The normalized spacial score (nSPS) is 12.6. The summed E-state index contributed by atoms with van der Waals surface area (Å²) in [6.07, 6.45) is 3.25. The lowest BCUT2D eigenvalue weighted by Gasteiger charge is -2.25. The van der Waals surface area contributed by atoms with Gasteiger partial charge in [-0.15, -0.1) is 28.3 Å². The Morgan fingerprint density at radius 1 is 0.667 bits per heavy atom. The SMILES string of the molecule is Br.COC(=O)C(Cc1cccs1)NC(=O)C(Cc1c[nH]c2ccccc12)NC(=O)C(Cc1c[nH]c2ccccc12)NC(=O)OCc1ccccc1. The number of hydrogen-bond donors (Lipinski definition) is 5. The van der Waals surface area contributed by atoms with Gasteiger partial charge in [0.1, 0.15) is 24.7 Å². The fraction of sp³-hybridized carbons (Fsp3) is 0.211. The number of para-hydroxylation sites is 2. The van der Waals surface area contributed by atoms with Crippen molar-refractivity contribution in [2.24, 2.45) is 0 Å². The Kier molecular flexibility index (Phi) is 12.7. The highest BCUT2D eigenvalue weighted by Gasteiger charge is 2.32. The third-order valence-corrected chi connectivity index (χ3v) is 9.34. The van der Waals surface area contributed by atoms with E-state index in [1.54, 1.807) is 12.4 Å². The van der Waals surface area contributed by atoms with E-state index in [0.29, 0.717) is 0 Å². The molecule has 3 heterocycles. The number of aromatic nitrogens is 2. The Labute approximate surface area is 308 Å². The highest BCUT2D eigenvalue weighted by Crippen LogP contribution is 2.21. The number of halogens is 1. The predicted molar refractivity (Wildman–Crippen MR) is 202 cm³/mol. The maximum absolute atomic E-state index is 14.2. The monoisotopic (exact) mass is 771 g/mol. The van der Waals surface area contributed by atoms with Crippen LogP contribution in [0, 0.1) is 0 Å². The van der Waals surface area contributed by atoms with Crippen molar-refractivity contribution in [2.45, 2.75) is 44.0 Å². The van der Waals surface area contributed by atoms with E-state index in [-0.39, 0.29) is 42.9 Å². The number of hydrogen-bond acceptors (Lipinski definition) is 7. The number of thiophene rings is 1. The average Bonchev–Trinajstić information content (AvgIpc) is 3.91. The van der Waals surface area contributed by atoms with Crippen molar-refractivity contribution in [1.82, 2.24) is 25.9 Å². The summed E-state index contributed by atoms with van der Waals surface area (Å²) in [6, 6.07) is 25.0. The molecule has 5 N–H and O–H groups in total. The van der Waals surface area contributed by atoms with Gasteiger partial charge in [0.05, 0.1) is 7.11 Å². The summed E-state index contributed by atoms with van der Waals surface area (Å²) in [5.74, 6) is -1.78. The third kappa shape index (κ3) is 9.44. The standard InChI is InChI=1S/C38H37N5O6S.BrH/c1-48-37(46)34(20-27-12-9-17-50-27)42-35(44)32(18-25-21-39-30-15-7-5-13-28(25)30)41-36(45)33(19-26-22-40-31-16-8-6-14-29(26)31)43-38(47)49-23-24-10-3-2-4-11-24;/h2-17,21-22,32-34,39-40H,18-20,23H2,1H3,(H,41,45)(H,42,44)(H,43,47);1H. The van der Waals surface area contributed by atoms with Crippen LogP contribution in [-0.4, -0.2) is 59.1 Å². The van der Waals surface area contributed by atoms with E-state index in [4.69, 9.17) is 9.47 Å². The Bertz CT molecular complexity index is 2080. The number of carbonyl (C=O) groups excluding carboxylic acids is 4. The van der Waals surface area contributed by atoms with Crippen molar-refractivity contribution < 1.29 is 28.7 Å². The molecule has 6 rings (SSSR count). The van der Waals surface area contributed by atoms with Crippen LogP contribution in [0.1, 0.15) is 21.6 Å². The lowest BCUT2D eigenvalue weighted by Crippen LogP contribution is -2.57. The minimum absolute atomic E-state index is 0. The summed E-state index contributed by atoms with van der Waals surface area (Å²) >= 11 is 1.46. The van der Waals surface area contributed by atoms with Crippen molar-refractivity contribution in [3.63, 3.8) is 0 Å². The highest BCUT2D eigenvalue weighted by atomic mass is 79.9. The van der Waals surface area contributed by atoms with E-state index in [1.807, 2.05) is 96.4 Å². The first-order chi connectivity index (χ1) is 24.4. The summed E-state index contributed by atoms with van der Waals surface area (Å²) in [4.78, 5) is 61.4. The van der Waals surface area contributed by atoms with Crippen molar-refractivity contribution >= 4 is 74.0 Å². The van der Waals surface area contributed by atoms with Gasteiger partial charge in [-0.05, 0) is 40.3 Å². The van der Waals surface area contributed by atoms with E-state index in [9.17, 15) is 19.2 Å². The zero-order valence-corrected chi connectivity index (χ0v) is 30.2. The molecule has 0 aliphatic heterocycles. The van der Waals surface area contributed by atoms with E-state index >= 15 is 0 Å². The molecule has 0 radical (unpaired) electrons. The molecule has 0 fully saturated rings. The van der Waals surface area contributed by atoms with Crippen LogP contribution in [0.4, 0.5) is 4.79 Å².